The summed E-state index contributed by atoms with van der Waals surface area (Å²) in [4.78, 5) is 12.0. The smallest absolute Gasteiger partial charge is 0.251 e. The van der Waals surface area contributed by atoms with Crippen LogP contribution in [0.1, 0.15) is 28.8 Å². The van der Waals surface area contributed by atoms with E-state index in [0.717, 1.165) is 30.7 Å². The van der Waals surface area contributed by atoms with Crippen LogP contribution in [0.15, 0.2) is 18.2 Å². The van der Waals surface area contributed by atoms with Crippen molar-refractivity contribution < 1.29 is 9.53 Å². The Balaban J connectivity index is 2.01. The summed E-state index contributed by atoms with van der Waals surface area (Å²) in [5, 5.41) is 2.98. The van der Waals surface area contributed by atoms with Crippen molar-refractivity contribution in [1.82, 2.24) is 5.32 Å². The van der Waals surface area contributed by atoms with E-state index in [0.29, 0.717) is 12.2 Å². The number of nitrogens with two attached hydrogens (primary N) is 1. The molecule has 1 aromatic carbocycles. The first-order chi connectivity index (χ1) is 8.70. The van der Waals surface area contributed by atoms with Crippen LogP contribution in [0, 0.1) is 6.92 Å². The predicted octanol–water partition coefficient (Wildman–Crippen LogP) is 1.19. The number of amides is 1. The highest BCUT2D eigenvalue weighted by molar-refractivity contribution is 5.95. The molecule has 5 nitrogen and oxygen atoms in total. The van der Waals surface area contributed by atoms with E-state index in [1.165, 1.54) is 0 Å². The molecule has 0 radical (unpaired) electrons. The largest absolute Gasteiger partial charge is 0.379 e. The van der Waals surface area contributed by atoms with Crippen LogP contribution in [0.4, 0.5) is 5.69 Å². The summed E-state index contributed by atoms with van der Waals surface area (Å²) >= 11 is 0. The van der Waals surface area contributed by atoms with Crippen LogP contribution in [-0.4, -0.2) is 25.2 Å². The van der Waals surface area contributed by atoms with E-state index < -0.39 is 0 Å². The molecule has 1 aromatic rings. The molecule has 1 unspecified atom stereocenters. The van der Waals surface area contributed by atoms with Crippen LogP contribution in [0.3, 0.4) is 0 Å². The Bertz CT molecular complexity index is 428. The first-order valence-corrected chi connectivity index (χ1v) is 6.16. The van der Waals surface area contributed by atoms with Gasteiger partial charge in [0.15, 0.2) is 0 Å². The molecule has 1 aliphatic rings. The highest BCUT2D eigenvalue weighted by Crippen LogP contribution is 2.15. The number of hydrogen-bond donors (Lipinski definition) is 3. The molecule has 1 atom stereocenters. The summed E-state index contributed by atoms with van der Waals surface area (Å²) in [6, 6.07) is 5.52. The Morgan fingerprint density at radius 1 is 1.50 bits per heavy atom. The highest BCUT2D eigenvalue weighted by Gasteiger charge is 2.17. The highest BCUT2D eigenvalue weighted by atomic mass is 16.5. The van der Waals surface area contributed by atoms with Gasteiger partial charge in [-0.1, -0.05) is 0 Å². The van der Waals surface area contributed by atoms with Crippen LogP contribution >= 0.6 is 0 Å². The quantitative estimate of drug-likeness (QED) is 0.555. The van der Waals surface area contributed by atoms with Crippen molar-refractivity contribution in [2.24, 2.45) is 5.84 Å². The molecular weight excluding hydrogens is 230 g/mol. The molecule has 0 bridgehead atoms. The molecule has 1 heterocycles. The Kier molecular flexibility index (Phi) is 4.17. The molecule has 1 saturated heterocycles. The van der Waals surface area contributed by atoms with Crippen LogP contribution < -0.4 is 16.6 Å². The van der Waals surface area contributed by atoms with Crippen LogP contribution in [0.25, 0.3) is 0 Å². The monoisotopic (exact) mass is 249 g/mol. The number of carbonyl (C=O) groups excluding carboxylic acids is 1. The third-order valence-corrected chi connectivity index (χ3v) is 3.14. The summed E-state index contributed by atoms with van der Waals surface area (Å²) in [6.45, 7) is 3.31. The van der Waals surface area contributed by atoms with Gasteiger partial charge >= 0.3 is 0 Å². The van der Waals surface area contributed by atoms with Crippen molar-refractivity contribution in [3.8, 4) is 0 Å². The van der Waals surface area contributed by atoms with Crippen molar-refractivity contribution in [3.63, 3.8) is 0 Å². The van der Waals surface area contributed by atoms with Crippen LogP contribution in [-0.2, 0) is 4.74 Å². The zero-order valence-corrected chi connectivity index (χ0v) is 10.5. The fourth-order valence-electron chi connectivity index (χ4n) is 2.09. The third kappa shape index (κ3) is 3.00. The van der Waals surface area contributed by atoms with Gasteiger partial charge in [0.05, 0.1) is 18.3 Å². The Morgan fingerprint density at radius 2 is 2.33 bits per heavy atom. The Morgan fingerprint density at radius 3 is 2.94 bits per heavy atom. The van der Waals surface area contributed by atoms with Gasteiger partial charge in [-0.15, -0.1) is 0 Å². The molecule has 0 spiro atoms. The topological polar surface area (TPSA) is 76.4 Å². The Hall–Kier alpha value is -1.59. The maximum absolute atomic E-state index is 12.0. The second-order valence-electron chi connectivity index (χ2n) is 4.56. The molecule has 0 aliphatic carbocycles. The molecule has 2 rings (SSSR count). The first-order valence-electron chi connectivity index (χ1n) is 6.16. The van der Waals surface area contributed by atoms with Crippen molar-refractivity contribution >= 4 is 11.6 Å². The minimum atomic E-state index is -0.0582. The lowest BCUT2D eigenvalue weighted by Gasteiger charge is -2.23. The van der Waals surface area contributed by atoms with Gasteiger partial charge in [-0.05, 0) is 43.5 Å². The van der Waals surface area contributed by atoms with Crippen molar-refractivity contribution in [1.29, 1.82) is 0 Å². The van der Waals surface area contributed by atoms with E-state index in [2.05, 4.69) is 10.7 Å². The molecule has 98 valence electrons. The van der Waals surface area contributed by atoms with Crippen molar-refractivity contribution in [2.75, 3.05) is 18.6 Å². The summed E-state index contributed by atoms with van der Waals surface area (Å²) < 4.78 is 5.34. The average molecular weight is 249 g/mol. The lowest BCUT2D eigenvalue weighted by molar-refractivity contribution is 0.0624. The number of ether oxygens (including phenoxy) is 1. The number of anilines is 1. The van der Waals surface area contributed by atoms with Crippen LogP contribution in [0.2, 0.25) is 0 Å². The summed E-state index contributed by atoms with van der Waals surface area (Å²) in [6.07, 6.45) is 1.98. The zero-order chi connectivity index (χ0) is 13.0. The van der Waals surface area contributed by atoms with Crippen molar-refractivity contribution in [2.45, 2.75) is 25.8 Å². The van der Waals surface area contributed by atoms with Gasteiger partial charge in [0.25, 0.3) is 5.91 Å². The van der Waals surface area contributed by atoms with Gasteiger partial charge in [-0.2, -0.15) is 0 Å². The number of hydrogen-bond acceptors (Lipinski definition) is 4. The predicted molar refractivity (Wildman–Crippen MR) is 70.3 cm³/mol. The number of nitrogens with one attached hydrogen (secondary N) is 2. The van der Waals surface area contributed by atoms with Crippen molar-refractivity contribution in [3.05, 3.63) is 29.3 Å². The number of aryl methyl sites for hydroxylation is 1. The standard InChI is InChI=1S/C13H19N3O2/c1-9-7-10(4-5-12(9)16-14)13(17)15-11-3-2-6-18-8-11/h4-5,7,11,16H,2-3,6,8,14H2,1H3,(H,15,17). The zero-order valence-electron chi connectivity index (χ0n) is 10.5. The number of benzene rings is 1. The van der Waals surface area contributed by atoms with Gasteiger partial charge in [0.2, 0.25) is 0 Å². The maximum Gasteiger partial charge on any atom is 0.251 e. The number of carbonyl (C=O) groups is 1. The van der Waals surface area contributed by atoms with E-state index in [1.807, 2.05) is 19.1 Å². The van der Waals surface area contributed by atoms with Gasteiger partial charge in [0, 0.05) is 12.2 Å². The molecule has 1 aliphatic heterocycles. The lowest BCUT2D eigenvalue weighted by Crippen LogP contribution is -2.40. The molecule has 18 heavy (non-hydrogen) atoms. The normalized spacial score (nSPS) is 19.3. The number of nitrogen functional groups attached to an aromatic ring is 1. The first kappa shape index (κ1) is 12.9. The second-order valence-corrected chi connectivity index (χ2v) is 4.56. The van der Waals surface area contributed by atoms with E-state index in [4.69, 9.17) is 10.6 Å². The molecule has 4 N–H and O–H groups in total. The van der Waals surface area contributed by atoms with Gasteiger partial charge < -0.3 is 15.5 Å². The lowest BCUT2D eigenvalue weighted by atomic mass is 10.1. The van der Waals surface area contributed by atoms with Gasteiger partial charge in [0.1, 0.15) is 0 Å². The Labute approximate surface area is 107 Å². The van der Waals surface area contributed by atoms with E-state index in [-0.39, 0.29) is 11.9 Å². The number of hydrazine groups is 1. The van der Waals surface area contributed by atoms with E-state index >= 15 is 0 Å². The molecule has 1 fully saturated rings. The summed E-state index contributed by atoms with van der Waals surface area (Å²) in [7, 11) is 0. The molecule has 1 amide bonds. The summed E-state index contributed by atoms with van der Waals surface area (Å²) in [5.74, 6) is 5.30. The molecular formula is C13H19N3O2. The third-order valence-electron chi connectivity index (χ3n) is 3.14. The minimum absolute atomic E-state index is 0.0582. The maximum atomic E-state index is 12.0. The molecule has 5 heteroatoms. The number of rotatable bonds is 3. The SMILES string of the molecule is Cc1cc(C(=O)NC2CCCOC2)ccc1NN. The van der Waals surface area contributed by atoms with Gasteiger partial charge in [-0.3, -0.25) is 10.6 Å². The minimum Gasteiger partial charge on any atom is -0.379 e. The van der Waals surface area contributed by atoms with Crippen LogP contribution in [0.5, 0.6) is 0 Å². The fraction of sp³-hybridized carbons (Fsp3) is 0.462. The van der Waals surface area contributed by atoms with Gasteiger partial charge in [-0.25, -0.2) is 0 Å². The summed E-state index contributed by atoms with van der Waals surface area (Å²) in [5.41, 5.74) is 5.02. The fourth-order valence-corrected chi connectivity index (χ4v) is 2.09. The van der Waals surface area contributed by atoms with E-state index in [1.54, 1.807) is 6.07 Å². The average Bonchev–Trinajstić information content (AvgIpc) is 2.39. The molecule has 0 saturated carbocycles. The molecule has 0 aromatic heterocycles. The second kappa shape index (κ2) is 5.84. The van der Waals surface area contributed by atoms with E-state index in [9.17, 15) is 4.79 Å².